The first-order valence-corrected chi connectivity index (χ1v) is 8.28. The molecule has 0 amide bonds. The van der Waals surface area contributed by atoms with E-state index in [9.17, 15) is 0 Å². The molecule has 7 heteroatoms. The molecule has 122 valence electrons. The van der Waals surface area contributed by atoms with E-state index in [1.165, 1.54) is 19.2 Å². The molecule has 0 unspecified atom stereocenters. The molecule has 2 aliphatic heterocycles. The summed E-state index contributed by atoms with van der Waals surface area (Å²) in [5.74, 6) is 1.83. The molecule has 23 heavy (non-hydrogen) atoms. The third-order valence-corrected chi connectivity index (χ3v) is 4.48. The summed E-state index contributed by atoms with van der Waals surface area (Å²) in [7, 11) is 0. The van der Waals surface area contributed by atoms with Crippen LogP contribution in [0, 0.1) is 0 Å². The molecule has 1 aromatic heterocycles. The summed E-state index contributed by atoms with van der Waals surface area (Å²) >= 11 is 6.20. The molecule has 3 heterocycles. The number of likely N-dealkylation sites (tertiary alicyclic amines) is 1. The SMILES string of the molecule is Clc1ncnc2cc(OCCN3CCCC3)c3c(c12)OCCO3. The van der Waals surface area contributed by atoms with Crippen LogP contribution in [0.4, 0.5) is 0 Å². The zero-order valence-electron chi connectivity index (χ0n) is 12.8. The fourth-order valence-corrected chi connectivity index (χ4v) is 3.30. The molecule has 4 rings (SSSR count). The molecular weight excluding hydrogens is 318 g/mol. The number of hydrogen-bond donors (Lipinski definition) is 0. The van der Waals surface area contributed by atoms with Crippen LogP contribution < -0.4 is 14.2 Å². The van der Waals surface area contributed by atoms with Crippen LogP contribution in [-0.2, 0) is 0 Å². The van der Waals surface area contributed by atoms with E-state index in [1.54, 1.807) is 0 Å². The van der Waals surface area contributed by atoms with Crippen LogP contribution in [0.5, 0.6) is 17.2 Å². The first kappa shape index (κ1) is 14.8. The average Bonchev–Trinajstić information content (AvgIpc) is 3.08. The number of rotatable bonds is 4. The average molecular weight is 336 g/mol. The quantitative estimate of drug-likeness (QED) is 0.800. The van der Waals surface area contributed by atoms with E-state index in [2.05, 4.69) is 14.9 Å². The van der Waals surface area contributed by atoms with Crippen LogP contribution in [0.15, 0.2) is 12.4 Å². The summed E-state index contributed by atoms with van der Waals surface area (Å²) in [6, 6.07) is 1.85. The fraction of sp³-hybridized carbons (Fsp3) is 0.500. The van der Waals surface area contributed by atoms with Crippen LogP contribution in [0.25, 0.3) is 10.9 Å². The molecule has 1 fully saturated rings. The highest BCUT2D eigenvalue weighted by molar-refractivity contribution is 6.34. The van der Waals surface area contributed by atoms with Crippen molar-refractivity contribution in [2.24, 2.45) is 0 Å². The third kappa shape index (κ3) is 2.88. The normalized spacial score (nSPS) is 17.6. The minimum atomic E-state index is 0.361. The van der Waals surface area contributed by atoms with Crippen LogP contribution in [0.3, 0.4) is 0 Å². The number of hydrogen-bond acceptors (Lipinski definition) is 6. The molecule has 6 nitrogen and oxygen atoms in total. The fourth-order valence-electron chi connectivity index (χ4n) is 3.07. The lowest BCUT2D eigenvalue weighted by molar-refractivity contribution is 0.161. The van der Waals surface area contributed by atoms with Crippen molar-refractivity contribution in [1.82, 2.24) is 14.9 Å². The van der Waals surface area contributed by atoms with Gasteiger partial charge in [-0.2, -0.15) is 0 Å². The van der Waals surface area contributed by atoms with Crippen molar-refractivity contribution < 1.29 is 14.2 Å². The highest BCUT2D eigenvalue weighted by atomic mass is 35.5. The molecule has 2 aromatic rings. The van der Waals surface area contributed by atoms with Gasteiger partial charge in [-0.25, -0.2) is 9.97 Å². The minimum Gasteiger partial charge on any atom is -0.488 e. The van der Waals surface area contributed by atoms with E-state index < -0.39 is 0 Å². The number of fused-ring (bicyclic) bond motifs is 3. The van der Waals surface area contributed by atoms with Crippen molar-refractivity contribution in [2.75, 3.05) is 39.5 Å². The van der Waals surface area contributed by atoms with E-state index >= 15 is 0 Å². The van der Waals surface area contributed by atoms with E-state index in [-0.39, 0.29) is 0 Å². The van der Waals surface area contributed by atoms with Gasteiger partial charge in [0.05, 0.1) is 10.9 Å². The number of ether oxygens (including phenoxy) is 3. The van der Waals surface area contributed by atoms with Gasteiger partial charge in [-0.15, -0.1) is 0 Å². The van der Waals surface area contributed by atoms with Crippen molar-refractivity contribution >= 4 is 22.5 Å². The van der Waals surface area contributed by atoms with Gasteiger partial charge in [0.1, 0.15) is 31.3 Å². The maximum atomic E-state index is 6.20. The first-order chi connectivity index (χ1) is 11.3. The van der Waals surface area contributed by atoms with Gasteiger partial charge < -0.3 is 14.2 Å². The molecule has 0 N–H and O–H groups in total. The number of aromatic nitrogens is 2. The van der Waals surface area contributed by atoms with Crippen molar-refractivity contribution in [2.45, 2.75) is 12.8 Å². The Morgan fingerprint density at radius 1 is 1.13 bits per heavy atom. The maximum Gasteiger partial charge on any atom is 0.204 e. The lowest BCUT2D eigenvalue weighted by Crippen LogP contribution is -2.25. The van der Waals surface area contributed by atoms with Gasteiger partial charge in [0.15, 0.2) is 11.5 Å². The minimum absolute atomic E-state index is 0.361. The molecule has 0 aliphatic carbocycles. The zero-order chi connectivity index (χ0) is 15.6. The molecule has 0 bridgehead atoms. The smallest absolute Gasteiger partial charge is 0.204 e. The lowest BCUT2D eigenvalue weighted by Gasteiger charge is -2.23. The Bertz CT molecular complexity index is 719. The van der Waals surface area contributed by atoms with Crippen LogP contribution >= 0.6 is 11.6 Å². The van der Waals surface area contributed by atoms with Gasteiger partial charge in [-0.05, 0) is 25.9 Å². The number of nitrogens with zero attached hydrogens (tertiary/aromatic N) is 3. The monoisotopic (exact) mass is 335 g/mol. The highest BCUT2D eigenvalue weighted by Crippen LogP contribution is 2.46. The van der Waals surface area contributed by atoms with E-state index in [0.717, 1.165) is 19.6 Å². The molecule has 1 aromatic carbocycles. The number of halogens is 1. The summed E-state index contributed by atoms with van der Waals surface area (Å²) < 4.78 is 17.5. The summed E-state index contributed by atoms with van der Waals surface area (Å²) in [6.45, 7) is 4.80. The third-order valence-electron chi connectivity index (χ3n) is 4.20. The molecule has 0 saturated carbocycles. The Balaban J connectivity index is 1.63. The predicted octanol–water partition coefficient (Wildman–Crippen LogP) is 2.53. The van der Waals surface area contributed by atoms with Gasteiger partial charge in [0.25, 0.3) is 0 Å². The van der Waals surface area contributed by atoms with E-state index in [1.807, 2.05) is 6.07 Å². The van der Waals surface area contributed by atoms with Crippen LogP contribution in [0.2, 0.25) is 5.15 Å². The molecule has 0 spiro atoms. The summed E-state index contributed by atoms with van der Waals surface area (Å²) in [4.78, 5) is 10.7. The second-order valence-electron chi connectivity index (χ2n) is 5.69. The van der Waals surface area contributed by atoms with E-state index in [0.29, 0.717) is 53.1 Å². The van der Waals surface area contributed by atoms with E-state index in [4.69, 9.17) is 25.8 Å². The van der Waals surface area contributed by atoms with Gasteiger partial charge in [-0.3, -0.25) is 4.90 Å². The van der Waals surface area contributed by atoms with Crippen LogP contribution in [0.1, 0.15) is 12.8 Å². The van der Waals surface area contributed by atoms with Gasteiger partial charge in [0.2, 0.25) is 5.75 Å². The van der Waals surface area contributed by atoms with Crippen molar-refractivity contribution in [3.8, 4) is 17.2 Å². The summed E-state index contributed by atoms with van der Waals surface area (Å²) in [5.41, 5.74) is 0.699. The molecule has 1 saturated heterocycles. The molecule has 0 radical (unpaired) electrons. The van der Waals surface area contributed by atoms with Crippen molar-refractivity contribution in [3.05, 3.63) is 17.5 Å². The molecule has 0 atom stereocenters. The Morgan fingerprint density at radius 2 is 1.91 bits per heavy atom. The second-order valence-corrected chi connectivity index (χ2v) is 6.04. The first-order valence-electron chi connectivity index (χ1n) is 7.91. The van der Waals surface area contributed by atoms with Gasteiger partial charge in [0, 0.05) is 12.6 Å². The van der Waals surface area contributed by atoms with Crippen molar-refractivity contribution in [3.63, 3.8) is 0 Å². The topological polar surface area (TPSA) is 56.7 Å². The summed E-state index contributed by atoms with van der Waals surface area (Å²) in [5, 5.41) is 1.04. The van der Waals surface area contributed by atoms with Gasteiger partial charge in [-0.1, -0.05) is 11.6 Å². The van der Waals surface area contributed by atoms with Gasteiger partial charge >= 0.3 is 0 Å². The predicted molar refractivity (Wildman–Crippen MR) is 86.7 cm³/mol. The molecule has 2 aliphatic rings. The Labute approximate surface area is 139 Å². The lowest BCUT2D eigenvalue weighted by atomic mass is 10.2. The summed E-state index contributed by atoms with van der Waals surface area (Å²) in [6.07, 6.45) is 3.99. The maximum absolute atomic E-state index is 6.20. The van der Waals surface area contributed by atoms with Crippen molar-refractivity contribution in [1.29, 1.82) is 0 Å². The highest BCUT2D eigenvalue weighted by Gasteiger charge is 2.24. The molecular formula is C16H18ClN3O3. The second kappa shape index (κ2) is 6.37. The zero-order valence-corrected chi connectivity index (χ0v) is 13.5. The Morgan fingerprint density at radius 3 is 2.74 bits per heavy atom. The Kier molecular flexibility index (Phi) is 4.10. The number of benzene rings is 1. The largest absolute Gasteiger partial charge is 0.488 e. The Hall–Kier alpha value is -1.79. The van der Waals surface area contributed by atoms with Crippen LogP contribution in [-0.4, -0.2) is 54.3 Å². The standard InChI is InChI=1S/C16H18ClN3O3/c17-16-13-11(18-10-19-16)9-12(14-15(13)23-8-7-22-14)21-6-5-20-3-1-2-4-20/h9-10H,1-8H2.